The molecule has 6 nitrogen and oxygen atoms in total. The summed E-state index contributed by atoms with van der Waals surface area (Å²) in [5.74, 6) is -0.142. The van der Waals surface area contributed by atoms with Gasteiger partial charge in [0.15, 0.2) is 0 Å². The lowest BCUT2D eigenvalue weighted by Gasteiger charge is -2.06. The first-order chi connectivity index (χ1) is 9.25. The summed E-state index contributed by atoms with van der Waals surface area (Å²) in [4.78, 5) is 16.1. The van der Waals surface area contributed by atoms with Gasteiger partial charge in [-0.05, 0) is 25.1 Å². The van der Waals surface area contributed by atoms with E-state index >= 15 is 0 Å². The number of pyridine rings is 2. The van der Waals surface area contributed by atoms with Gasteiger partial charge >= 0.3 is 5.97 Å². The quantitative estimate of drug-likeness (QED) is 0.650. The van der Waals surface area contributed by atoms with Crippen molar-refractivity contribution in [3.63, 3.8) is 0 Å². The zero-order valence-electron chi connectivity index (χ0n) is 10.1. The van der Waals surface area contributed by atoms with Crippen LogP contribution in [0.4, 0.5) is 0 Å². The summed E-state index contributed by atoms with van der Waals surface area (Å²) in [5, 5.41) is 7.63. The third-order valence-electron chi connectivity index (χ3n) is 2.71. The summed E-state index contributed by atoms with van der Waals surface area (Å²) >= 11 is 0. The van der Waals surface area contributed by atoms with Crippen LogP contribution in [0.3, 0.4) is 0 Å². The molecule has 0 aliphatic rings. The molecule has 0 atom stereocenters. The number of esters is 1. The maximum Gasteiger partial charge on any atom is 0.346 e. The monoisotopic (exact) mass is 254 g/mol. The van der Waals surface area contributed by atoms with Crippen LogP contribution in [0.15, 0.2) is 42.7 Å². The summed E-state index contributed by atoms with van der Waals surface area (Å²) in [6, 6.07) is 8.63. The number of carbonyl (C=O) groups excluding carboxylic acids is 1. The molecule has 0 amide bonds. The lowest BCUT2D eigenvalue weighted by Crippen LogP contribution is -2.13. The minimum atomic E-state index is -0.464. The Kier molecular flexibility index (Phi) is 2.68. The van der Waals surface area contributed by atoms with E-state index in [1.807, 2.05) is 6.07 Å². The van der Waals surface area contributed by atoms with Crippen LogP contribution in [-0.4, -0.2) is 25.8 Å². The van der Waals surface area contributed by atoms with Gasteiger partial charge < -0.3 is 4.74 Å². The maximum atomic E-state index is 12.1. The van der Waals surface area contributed by atoms with Crippen molar-refractivity contribution >= 4 is 11.5 Å². The highest BCUT2D eigenvalue weighted by molar-refractivity contribution is 5.91. The molecule has 0 N–H and O–H groups in total. The van der Waals surface area contributed by atoms with Crippen LogP contribution in [0.1, 0.15) is 16.1 Å². The number of hydrogen-bond donors (Lipinski definition) is 0. The first-order valence-electron chi connectivity index (χ1n) is 5.69. The minimum absolute atomic E-state index is 0.322. The fraction of sp³-hybridized carbons (Fsp3) is 0.0769. The molecule has 0 saturated heterocycles. The summed E-state index contributed by atoms with van der Waals surface area (Å²) in [5.41, 5.74) is 1.81. The van der Waals surface area contributed by atoms with Crippen LogP contribution in [0, 0.1) is 6.92 Å². The van der Waals surface area contributed by atoms with Crippen LogP contribution in [-0.2, 0) is 0 Å². The molecule has 3 rings (SSSR count). The van der Waals surface area contributed by atoms with Crippen LogP contribution < -0.4 is 4.74 Å². The SMILES string of the molecule is Cc1ncccc1C(=O)Oc1cccc2cnnn12. The van der Waals surface area contributed by atoms with Crippen molar-refractivity contribution in [1.29, 1.82) is 0 Å². The normalized spacial score (nSPS) is 10.6. The van der Waals surface area contributed by atoms with Crippen molar-refractivity contribution in [2.75, 3.05) is 0 Å². The molecule has 0 bridgehead atoms. The summed E-state index contributed by atoms with van der Waals surface area (Å²) in [6.07, 6.45) is 3.22. The Labute approximate surface area is 108 Å². The van der Waals surface area contributed by atoms with Gasteiger partial charge in [-0.1, -0.05) is 11.3 Å². The molecule has 0 aromatic carbocycles. The number of aryl methyl sites for hydroxylation is 1. The molecule has 3 aromatic rings. The van der Waals surface area contributed by atoms with E-state index < -0.39 is 5.97 Å². The van der Waals surface area contributed by atoms with Gasteiger partial charge in [0.1, 0.15) is 0 Å². The minimum Gasteiger partial charge on any atom is -0.404 e. The van der Waals surface area contributed by atoms with Crippen LogP contribution in [0.2, 0.25) is 0 Å². The van der Waals surface area contributed by atoms with Crippen molar-refractivity contribution in [3.8, 4) is 5.88 Å². The van der Waals surface area contributed by atoms with Crippen LogP contribution in [0.5, 0.6) is 5.88 Å². The number of fused-ring (bicyclic) bond motifs is 1. The van der Waals surface area contributed by atoms with E-state index in [1.54, 1.807) is 43.6 Å². The average molecular weight is 254 g/mol. The highest BCUT2D eigenvalue weighted by Gasteiger charge is 2.13. The van der Waals surface area contributed by atoms with Gasteiger partial charge in [-0.25, -0.2) is 4.79 Å². The lowest BCUT2D eigenvalue weighted by molar-refractivity contribution is 0.0722. The highest BCUT2D eigenvalue weighted by Crippen LogP contribution is 2.15. The summed E-state index contributed by atoms with van der Waals surface area (Å²) < 4.78 is 6.80. The predicted molar refractivity (Wildman–Crippen MR) is 66.9 cm³/mol. The molecule has 94 valence electrons. The number of rotatable bonds is 2. The van der Waals surface area contributed by atoms with E-state index in [4.69, 9.17) is 4.74 Å². The Morgan fingerprint density at radius 3 is 3.00 bits per heavy atom. The van der Waals surface area contributed by atoms with E-state index in [0.29, 0.717) is 17.1 Å². The molecule has 3 aromatic heterocycles. The van der Waals surface area contributed by atoms with Crippen molar-refractivity contribution in [2.45, 2.75) is 6.92 Å². The van der Waals surface area contributed by atoms with Crippen LogP contribution >= 0.6 is 0 Å². The van der Waals surface area contributed by atoms with E-state index in [9.17, 15) is 4.79 Å². The van der Waals surface area contributed by atoms with Gasteiger partial charge in [0, 0.05) is 12.3 Å². The molecular formula is C13H10N4O2. The molecule has 0 aliphatic heterocycles. The summed E-state index contributed by atoms with van der Waals surface area (Å²) in [7, 11) is 0. The zero-order chi connectivity index (χ0) is 13.2. The first-order valence-corrected chi connectivity index (χ1v) is 5.69. The van der Waals surface area contributed by atoms with Gasteiger partial charge in [0.25, 0.3) is 0 Å². The van der Waals surface area contributed by atoms with Crippen molar-refractivity contribution in [2.24, 2.45) is 0 Å². The molecule has 0 fully saturated rings. The number of hydrogen-bond acceptors (Lipinski definition) is 5. The second-order valence-electron chi connectivity index (χ2n) is 3.96. The largest absolute Gasteiger partial charge is 0.404 e. The third-order valence-corrected chi connectivity index (χ3v) is 2.71. The fourth-order valence-corrected chi connectivity index (χ4v) is 1.75. The Morgan fingerprint density at radius 1 is 1.26 bits per heavy atom. The van der Waals surface area contributed by atoms with Gasteiger partial charge in [-0.15, -0.1) is 5.10 Å². The van der Waals surface area contributed by atoms with E-state index in [1.165, 1.54) is 4.52 Å². The van der Waals surface area contributed by atoms with Gasteiger partial charge in [0.2, 0.25) is 5.88 Å². The van der Waals surface area contributed by atoms with Gasteiger partial charge in [0.05, 0.1) is 23.0 Å². The van der Waals surface area contributed by atoms with Crippen LogP contribution in [0.25, 0.3) is 5.52 Å². The molecule has 0 saturated carbocycles. The predicted octanol–water partition coefficient (Wildman–Crippen LogP) is 1.65. The Balaban J connectivity index is 1.95. The molecule has 0 aliphatic carbocycles. The average Bonchev–Trinajstić information content (AvgIpc) is 2.88. The highest BCUT2D eigenvalue weighted by atomic mass is 16.5. The second kappa shape index (κ2) is 4.49. The third kappa shape index (κ3) is 2.03. The Morgan fingerprint density at radius 2 is 2.16 bits per heavy atom. The molecule has 3 heterocycles. The van der Waals surface area contributed by atoms with E-state index in [-0.39, 0.29) is 0 Å². The molecule has 0 radical (unpaired) electrons. The smallest absolute Gasteiger partial charge is 0.346 e. The molecular weight excluding hydrogens is 244 g/mol. The van der Waals surface area contributed by atoms with Crippen molar-refractivity contribution < 1.29 is 9.53 Å². The van der Waals surface area contributed by atoms with Crippen molar-refractivity contribution in [3.05, 3.63) is 54.0 Å². The lowest BCUT2D eigenvalue weighted by atomic mass is 10.2. The van der Waals surface area contributed by atoms with Crippen molar-refractivity contribution in [1.82, 2.24) is 19.8 Å². The van der Waals surface area contributed by atoms with Gasteiger partial charge in [-0.2, -0.15) is 4.52 Å². The number of ether oxygens (including phenoxy) is 1. The fourth-order valence-electron chi connectivity index (χ4n) is 1.75. The van der Waals surface area contributed by atoms with Gasteiger partial charge in [-0.3, -0.25) is 4.98 Å². The first kappa shape index (κ1) is 11.3. The Bertz CT molecular complexity index is 751. The Hall–Kier alpha value is -2.76. The number of aromatic nitrogens is 4. The molecule has 0 spiro atoms. The molecule has 6 heteroatoms. The molecule has 0 unspecified atom stereocenters. The van der Waals surface area contributed by atoms with E-state index in [2.05, 4.69) is 15.3 Å². The standard InChI is InChI=1S/C13H10N4O2/c1-9-11(5-3-7-14-9)13(18)19-12-6-2-4-10-8-15-16-17(10)12/h2-8H,1H3. The van der Waals surface area contributed by atoms with E-state index in [0.717, 1.165) is 5.52 Å². The number of carbonyl (C=O) groups is 1. The zero-order valence-corrected chi connectivity index (χ0v) is 10.1. The topological polar surface area (TPSA) is 69.4 Å². The second-order valence-corrected chi connectivity index (χ2v) is 3.96. The molecule has 19 heavy (non-hydrogen) atoms. The number of nitrogens with zero attached hydrogens (tertiary/aromatic N) is 4. The summed E-state index contributed by atoms with van der Waals surface area (Å²) in [6.45, 7) is 1.76. The maximum absolute atomic E-state index is 12.1.